The Morgan fingerprint density at radius 2 is 2.00 bits per heavy atom. The Balaban J connectivity index is 1.53. The first kappa shape index (κ1) is 16.6. The van der Waals surface area contributed by atoms with Gasteiger partial charge < -0.3 is 10.0 Å². The lowest BCUT2D eigenvalue weighted by Crippen LogP contribution is -2.65. The molecule has 1 heterocycles. The molecule has 0 spiro atoms. The molecule has 1 amide bonds. The van der Waals surface area contributed by atoms with E-state index in [2.05, 4.69) is 31.7 Å². The lowest BCUT2D eigenvalue weighted by Gasteiger charge is -2.61. The minimum absolute atomic E-state index is 0.00938. The maximum Gasteiger partial charge on any atom is 0.226 e. The average molecular weight is 354 g/mol. The van der Waals surface area contributed by atoms with E-state index in [0.29, 0.717) is 17.6 Å². The highest BCUT2D eigenvalue weighted by Gasteiger charge is 2.58. The highest BCUT2D eigenvalue weighted by atomic mass is 16.3. The summed E-state index contributed by atoms with van der Waals surface area (Å²) in [6.07, 6.45) is 6.76. The van der Waals surface area contributed by atoms with Gasteiger partial charge in [-0.2, -0.15) is 0 Å². The third-order valence-corrected chi connectivity index (χ3v) is 8.97. The molecule has 1 aromatic rings. The number of hydrogen-bond donors (Lipinski definition) is 1. The van der Waals surface area contributed by atoms with E-state index in [9.17, 15) is 9.90 Å². The van der Waals surface area contributed by atoms with E-state index in [1.807, 2.05) is 6.07 Å². The van der Waals surface area contributed by atoms with Crippen LogP contribution in [0.5, 0.6) is 5.75 Å². The molecule has 0 aromatic heterocycles. The number of nitrogens with zero attached hydrogens (tertiary/aromatic N) is 1. The van der Waals surface area contributed by atoms with Crippen LogP contribution < -0.4 is 0 Å². The summed E-state index contributed by atoms with van der Waals surface area (Å²) in [5.74, 6) is 2.51. The van der Waals surface area contributed by atoms with Crippen molar-refractivity contribution in [2.45, 2.75) is 70.8 Å². The Morgan fingerprint density at radius 1 is 1.19 bits per heavy atom. The molecule has 5 atom stereocenters. The number of carbonyl (C=O) groups excluding carboxylic acids is 1. The van der Waals surface area contributed by atoms with E-state index < -0.39 is 0 Å². The van der Waals surface area contributed by atoms with Gasteiger partial charge in [0.15, 0.2) is 0 Å². The van der Waals surface area contributed by atoms with E-state index in [4.69, 9.17) is 0 Å². The molecular formula is C23H31NO2. The average Bonchev–Trinajstić information content (AvgIpc) is 3.21. The summed E-state index contributed by atoms with van der Waals surface area (Å²) in [6.45, 7) is 7.89. The Kier molecular flexibility index (Phi) is 3.37. The largest absolute Gasteiger partial charge is 0.508 e. The third-order valence-electron chi connectivity index (χ3n) is 8.97. The molecular weight excluding hydrogens is 322 g/mol. The van der Waals surface area contributed by atoms with Gasteiger partial charge in [-0.15, -0.1) is 0 Å². The second kappa shape index (κ2) is 5.27. The molecule has 0 radical (unpaired) electrons. The summed E-state index contributed by atoms with van der Waals surface area (Å²) >= 11 is 0. The number of phenolic OH excluding ortho intramolecular Hbond substituents is 1. The molecule has 1 aliphatic heterocycles. The summed E-state index contributed by atoms with van der Waals surface area (Å²) in [4.78, 5) is 15.8. The van der Waals surface area contributed by atoms with Gasteiger partial charge in [-0.05, 0) is 66.5 Å². The van der Waals surface area contributed by atoms with Gasteiger partial charge >= 0.3 is 0 Å². The fourth-order valence-electron chi connectivity index (χ4n) is 6.95. The molecule has 26 heavy (non-hydrogen) atoms. The van der Waals surface area contributed by atoms with E-state index in [0.717, 1.165) is 37.3 Å². The Hall–Kier alpha value is -1.51. The van der Waals surface area contributed by atoms with Gasteiger partial charge in [0.25, 0.3) is 0 Å². The maximum absolute atomic E-state index is 13.5. The number of amides is 1. The zero-order chi connectivity index (χ0) is 18.3. The molecule has 140 valence electrons. The van der Waals surface area contributed by atoms with E-state index in [1.54, 1.807) is 6.07 Å². The number of hydrogen-bond acceptors (Lipinski definition) is 2. The van der Waals surface area contributed by atoms with E-state index >= 15 is 0 Å². The van der Waals surface area contributed by atoms with Crippen LogP contribution in [0.3, 0.4) is 0 Å². The predicted molar refractivity (Wildman–Crippen MR) is 102 cm³/mol. The van der Waals surface area contributed by atoms with Crippen LogP contribution >= 0.6 is 0 Å². The zero-order valence-corrected chi connectivity index (χ0v) is 16.3. The number of phenols is 1. The van der Waals surface area contributed by atoms with Crippen molar-refractivity contribution in [3.63, 3.8) is 0 Å². The first-order valence-corrected chi connectivity index (χ1v) is 10.4. The van der Waals surface area contributed by atoms with Crippen LogP contribution in [-0.2, 0) is 16.6 Å². The number of aromatic hydroxyl groups is 1. The van der Waals surface area contributed by atoms with Gasteiger partial charge in [0.05, 0.1) is 0 Å². The number of carbonyl (C=O) groups is 1. The number of fused-ring (bicyclic) bond motifs is 6. The van der Waals surface area contributed by atoms with Gasteiger partial charge in [-0.25, -0.2) is 0 Å². The lowest BCUT2D eigenvalue weighted by molar-refractivity contribution is -0.149. The van der Waals surface area contributed by atoms with Crippen molar-refractivity contribution in [2.75, 3.05) is 6.54 Å². The SMILES string of the molecule is CC1(C)[C@H]2Cc3c(O)cccc3[C@]1(C)CCN2C(=O)C1C[C@@H]2CC[C@H]1C2. The lowest BCUT2D eigenvalue weighted by atomic mass is 9.51. The smallest absolute Gasteiger partial charge is 0.226 e. The second-order valence-corrected chi connectivity index (χ2v) is 10.1. The van der Waals surface area contributed by atoms with Crippen molar-refractivity contribution >= 4 is 5.91 Å². The second-order valence-electron chi connectivity index (χ2n) is 10.1. The molecule has 3 heteroatoms. The highest BCUT2D eigenvalue weighted by Crippen LogP contribution is 2.58. The monoisotopic (exact) mass is 353 g/mol. The van der Waals surface area contributed by atoms with Gasteiger partial charge in [-0.3, -0.25) is 4.79 Å². The van der Waals surface area contributed by atoms with Gasteiger partial charge in [-0.1, -0.05) is 39.3 Å². The van der Waals surface area contributed by atoms with Crippen LogP contribution in [0.25, 0.3) is 0 Å². The summed E-state index contributed by atoms with van der Waals surface area (Å²) < 4.78 is 0. The maximum atomic E-state index is 13.5. The molecule has 4 bridgehead atoms. The molecule has 1 unspecified atom stereocenters. The molecule has 4 aliphatic rings. The molecule has 1 saturated heterocycles. The van der Waals surface area contributed by atoms with Gasteiger partial charge in [0.1, 0.15) is 5.75 Å². The molecule has 1 aromatic carbocycles. The summed E-state index contributed by atoms with van der Waals surface area (Å²) in [6, 6.07) is 6.16. The normalized spacial score (nSPS) is 39.7. The molecule has 1 N–H and O–H groups in total. The fourth-order valence-corrected chi connectivity index (χ4v) is 6.95. The van der Waals surface area contributed by atoms with Crippen LogP contribution in [0.4, 0.5) is 0 Å². The Morgan fingerprint density at radius 3 is 2.69 bits per heavy atom. The van der Waals surface area contributed by atoms with Crippen LogP contribution in [0, 0.1) is 23.2 Å². The highest BCUT2D eigenvalue weighted by molar-refractivity contribution is 5.80. The summed E-state index contributed by atoms with van der Waals surface area (Å²) in [7, 11) is 0. The number of benzene rings is 1. The molecule has 3 fully saturated rings. The van der Waals surface area contributed by atoms with Gasteiger partial charge in [0, 0.05) is 23.9 Å². The zero-order valence-electron chi connectivity index (χ0n) is 16.3. The number of rotatable bonds is 1. The molecule has 5 rings (SSSR count). The van der Waals surface area contributed by atoms with Crippen molar-refractivity contribution in [2.24, 2.45) is 23.2 Å². The quantitative estimate of drug-likeness (QED) is 0.819. The third kappa shape index (κ3) is 1.98. The van der Waals surface area contributed by atoms with E-state index in [1.165, 1.54) is 24.8 Å². The topological polar surface area (TPSA) is 40.5 Å². The minimum Gasteiger partial charge on any atom is -0.508 e. The molecule has 2 saturated carbocycles. The standard InChI is InChI=1S/C23H31NO2/c1-22(2)20-13-17-18(5-4-6-19(17)25)23(22,3)9-10-24(20)21(26)16-12-14-7-8-15(16)11-14/h4-6,14-16,20,25H,7-13H2,1-3H3/t14-,15+,16?,20-,23+/m1/s1. The Labute approximate surface area is 156 Å². The molecule has 3 nitrogen and oxygen atoms in total. The minimum atomic E-state index is 0.00938. The molecule has 3 aliphatic carbocycles. The van der Waals surface area contributed by atoms with Crippen LogP contribution in [0.1, 0.15) is 64.0 Å². The van der Waals surface area contributed by atoms with Gasteiger partial charge in [0.2, 0.25) is 5.91 Å². The fraction of sp³-hybridized carbons (Fsp3) is 0.696. The Bertz CT molecular complexity index is 769. The number of piperidine rings is 1. The number of likely N-dealkylation sites (tertiary alicyclic amines) is 1. The van der Waals surface area contributed by atoms with Crippen LogP contribution in [-0.4, -0.2) is 28.5 Å². The summed E-state index contributed by atoms with van der Waals surface area (Å²) in [5, 5.41) is 10.5. The first-order chi connectivity index (χ1) is 12.3. The van der Waals surface area contributed by atoms with Crippen molar-refractivity contribution in [3.8, 4) is 5.75 Å². The first-order valence-electron chi connectivity index (χ1n) is 10.4. The van der Waals surface area contributed by atoms with Crippen molar-refractivity contribution in [1.82, 2.24) is 4.90 Å². The van der Waals surface area contributed by atoms with Crippen molar-refractivity contribution in [3.05, 3.63) is 29.3 Å². The van der Waals surface area contributed by atoms with E-state index in [-0.39, 0.29) is 22.8 Å². The summed E-state index contributed by atoms with van der Waals surface area (Å²) in [5.41, 5.74) is 2.39. The van der Waals surface area contributed by atoms with Crippen LogP contribution in [0.15, 0.2) is 18.2 Å². The predicted octanol–water partition coefficient (Wildman–Crippen LogP) is 4.27. The van der Waals surface area contributed by atoms with Crippen molar-refractivity contribution < 1.29 is 9.90 Å². The van der Waals surface area contributed by atoms with Crippen molar-refractivity contribution in [1.29, 1.82) is 0 Å². The van der Waals surface area contributed by atoms with Crippen LogP contribution in [0.2, 0.25) is 0 Å².